The van der Waals surface area contributed by atoms with Gasteiger partial charge >= 0.3 is 0 Å². The minimum Gasteiger partial charge on any atom is -0.379 e. The van der Waals surface area contributed by atoms with Gasteiger partial charge in [-0.15, -0.1) is 24.0 Å². The first-order chi connectivity index (χ1) is 12.9. The molecular weight excluding hydrogens is 493 g/mol. The van der Waals surface area contributed by atoms with Crippen molar-refractivity contribution in [2.45, 2.75) is 6.54 Å². The van der Waals surface area contributed by atoms with Gasteiger partial charge in [0.25, 0.3) is 0 Å². The predicted octanol–water partition coefficient (Wildman–Crippen LogP) is 1.56. The van der Waals surface area contributed by atoms with Crippen LogP contribution in [-0.2, 0) is 21.1 Å². The lowest BCUT2D eigenvalue weighted by molar-refractivity contribution is 0.153. The number of halogens is 1. The van der Waals surface area contributed by atoms with E-state index in [2.05, 4.69) is 15.4 Å². The van der Waals surface area contributed by atoms with Crippen molar-refractivity contribution < 1.29 is 13.2 Å². The summed E-state index contributed by atoms with van der Waals surface area (Å²) >= 11 is 0. The van der Waals surface area contributed by atoms with Crippen molar-refractivity contribution in [1.29, 1.82) is 0 Å². The fourth-order valence-corrected chi connectivity index (χ4v) is 2.87. The fourth-order valence-electron chi connectivity index (χ4n) is 2.44. The maximum atomic E-state index is 11.0. The van der Waals surface area contributed by atoms with Crippen molar-refractivity contribution in [2.24, 2.45) is 4.99 Å². The molecule has 0 spiro atoms. The van der Waals surface area contributed by atoms with Crippen molar-refractivity contribution in [3.05, 3.63) is 48.3 Å². The highest BCUT2D eigenvalue weighted by atomic mass is 127. The number of rotatable bonds is 9. The van der Waals surface area contributed by atoms with E-state index in [0.29, 0.717) is 19.7 Å². The van der Waals surface area contributed by atoms with E-state index < -0.39 is 9.84 Å². The highest BCUT2D eigenvalue weighted by Crippen LogP contribution is 2.09. The van der Waals surface area contributed by atoms with Gasteiger partial charge in [0.1, 0.15) is 9.84 Å². The van der Waals surface area contributed by atoms with Crippen molar-refractivity contribution >= 4 is 39.8 Å². The van der Waals surface area contributed by atoms with Gasteiger partial charge in [0.15, 0.2) is 5.96 Å². The molecule has 0 aliphatic heterocycles. The number of nitrogens with zero attached hydrogens (tertiary/aromatic N) is 4. The predicted molar refractivity (Wildman–Crippen MR) is 122 cm³/mol. The molecule has 0 fully saturated rings. The van der Waals surface area contributed by atoms with Crippen molar-refractivity contribution in [2.75, 3.05) is 45.9 Å². The molecule has 1 N–H and O–H groups in total. The number of hydrogen-bond acceptors (Lipinski definition) is 5. The normalized spacial score (nSPS) is 11.8. The Morgan fingerprint density at radius 1 is 1.29 bits per heavy atom. The standard InChI is InChI=1S/C18H27N5O3S.HI/c1-19-18(20-9-10-26-11-12-27(3,24)25)22(2)14-16-13-21-23(15-16)17-7-5-4-6-8-17;/h4-8,13,15H,9-12,14H2,1-3H3,(H,19,20);1H. The number of aromatic nitrogens is 2. The summed E-state index contributed by atoms with van der Waals surface area (Å²) in [6.07, 6.45) is 5.03. The minimum absolute atomic E-state index is 0. The second kappa shape index (κ2) is 12.0. The topological polar surface area (TPSA) is 88.8 Å². The molecule has 156 valence electrons. The van der Waals surface area contributed by atoms with E-state index in [1.54, 1.807) is 7.05 Å². The highest BCUT2D eigenvalue weighted by molar-refractivity contribution is 14.0. The first-order valence-electron chi connectivity index (χ1n) is 8.65. The number of ether oxygens (including phenoxy) is 1. The van der Waals surface area contributed by atoms with Gasteiger partial charge < -0.3 is 15.0 Å². The third-order valence-electron chi connectivity index (χ3n) is 3.78. The van der Waals surface area contributed by atoms with Crippen LogP contribution in [0, 0.1) is 0 Å². The van der Waals surface area contributed by atoms with Crippen LogP contribution in [0.5, 0.6) is 0 Å². The first-order valence-corrected chi connectivity index (χ1v) is 10.7. The summed E-state index contributed by atoms with van der Waals surface area (Å²) in [7, 11) is 0.679. The molecule has 0 atom stereocenters. The van der Waals surface area contributed by atoms with E-state index in [9.17, 15) is 8.42 Å². The van der Waals surface area contributed by atoms with Gasteiger partial charge in [0, 0.05) is 45.2 Å². The van der Waals surface area contributed by atoms with E-state index in [0.717, 1.165) is 17.2 Å². The van der Waals surface area contributed by atoms with Crippen LogP contribution in [0.15, 0.2) is 47.7 Å². The molecule has 0 unspecified atom stereocenters. The molecule has 1 aromatic heterocycles. The number of benzene rings is 1. The molecule has 8 nitrogen and oxygen atoms in total. The Morgan fingerprint density at radius 2 is 2.00 bits per heavy atom. The van der Waals surface area contributed by atoms with E-state index in [4.69, 9.17) is 4.74 Å². The number of nitrogens with one attached hydrogen (secondary N) is 1. The molecule has 1 aromatic carbocycles. The number of sulfone groups is 1. The smallest absolute Gasteiger partial charge is 0.193 e. The maximum Gasteiger partial charge on any atom is 0.193 e. The number of aliphatic imine (C=N–C) groups is 1. The second-order valence-electron chi connectivity index (χ2n) is 6.20. The SMILES string of the molecule is CN=C(NCCOCCS(C)(=O)=O)N(C)Cc1cnn(-c2ccccc2)c1.I. The Balaban J connectivity index is 0.00000392. The molecule has 0 radical (unpaired) electrons. The maximum absolute atomic E-state index is 11.0. The zero-order valence-corrected chi connectivity index (χ0v) is 19.6. The van der Waals surface area contributed by atoms with Crippen LogP contribution < -0.4 is 5.32 Å². The summed E-state index contributed by atoms with van der Waals surface area (Å²) in [5.41, 5.74) is 2.08. The monoisotopic (exact) mass is 521 g/mol. The molecule has 28 heavy (non-hydrogen) atoms. The highest BCUT2D eigenvalue weighted by Gasteiger charge is 2.09. The number of guanidine groups is 1. The van der Waals surface area contributed by atoms with E-state index in [-0.39, 0.29) is 36.3 Å². The Morgan fingerprint density at radius 3 is 2.64 bits per heavy atom. The number of para-hydroxylation sites is 1. The number of hydrogen-bond donors (Lipinski definition) is 1. The van der Waals surface area contributed by atoms with Gasteiger partial charge in [0.05, 0.1) is 30.9 Å². The second-order valence-corrected chi connectivity index (χ2v) is 8.46. The summed E-state index contributed by atoms with van der Waals surface area (Å²) in [5.74, 6) is 0.765. The largest absolute Gasteiger partial charge is 0.379 e. The van der Waals surface area contributed by atoms with Gasteiger partial charge in [-0.25, -0.2) is 13.1 Å². The molecule has 2 rings (SSSR count). The average molecular weight is 521 g/mol. The summed E-state index contributed by atoms with van der Waals surface area (Å²) in [6.45, 7) is 1.81. The lowest BCUT2D eigenvalue weighted by Gasteiger charge is -2.21. The third-order valence-corrected chi connectivity index (χ3v) is 4.69. The Bertz CT molecular complexity index is 840. The average Bonchev–Trinajstić information content (AvgIpc) is 3.09. The summed E-state index contributed by atoms with van der Waals surface area (Å²) in [4.78, 5) is 6.25. The van der Waals surface area contributed by atoms with Crippen LogP contribution in [-0.4, -0.2) is 74.9 Å². The van der Waals surface area contributed by atoms with Crippen LogP contribution in [0.1, 0.15) is 5.56 Å². The van der Waals surface area contributed by atoms with Crippen LogP contribution in [0.25, 0.3) is 5.69 Å². The molecule has 0 aliphatic rings. The van der Waals surface area contributed by atoms with Crippen LogP contribution >= 0.6 is 24.0 Å². The summed E-state index contributed by atoms with van der Waals surface area (Å²) in [6, 6.07) is 9.94. The molecule has 10 heteroatoms. The molecular formula is C18H28IN5O3S. The zero-order valence-electron chi connectivity index (χ0n) is 16.4. The van der Waals surface area contributed by atoms with E-state index >= 15 is 0 Å². The Labute approximate surface area is 183 Å². The van der Waals surface area contributed by atoms with Gasteiger partial charge in [-0.1, -0.05) is 18.2 Å². The first kappa shape index (κ1) is 24.4. The van der Waals surface area contributed by atoms with E-state index in [1.807, 2.05) is 59.4 Å². The van der Waals surface area contributed by atoms with Gasteiger partial charge in [-0.3, -0.25) is 4.99 Å². The molecule has 1 heterocycles. The van der Waals surface area contributed by atoms with Crippen molar-refractivity contribution in [3.63, 3.8) is 0 Å². The quantitative estimate of drug-likeness (QED) is 0.233. The molecule has 0 bridgehead atoms. The van der Waals surface area contributed by atoms with Crippen molar-refractivity contribution in [3.8, 4) is 5.69 Å². The Hall–Kier alpha value is -1.66. The molecule has 0 aliphatic carbocycles. The third kappa shape index (κ3) is 8.57. The summed E-state index contributed by atoms with van der Waals surface area (Å²) < 4.78 is 29.3. The lowest BCUT2D eigenvalue weighted by Crippen LogP contribution is -2.40. The molecule has 0 saturated heterocycles. The van der Waals surface area contributed by atoms with Gasteiger partial charge in [-0.05, 0) is 12.1 Å². The van der Waals surface area contributed by atoms with Gasteiger partial charge in [-0.2, -0.15) is 5.10 Å². The fraction of sp³-hybridized carbons (Fsp3) is 0.444. The lowest BCUT2D eigenvalue weighted by atomic mass is 10.3. The van der Waals surface area contributed by atoms with Gasteiger partial charge in [0.2, 0.25) is 0 Å². The van der Waals surface area contributed by atoms with E-state index in [1.165, 1.54) is 6.26 Å². The van der Waals surface area contributed by atoms with Crippen LogP contribution in [0.2, 0.25) is 0 Å². The molecule has 0 amide bonds. The van der Waals surface area contributed by atoms with Crippen molar-refractivity contribution in [1.82, 2.24) is 20.0 Å². The van der Waals surface area contributed by atoms with Crippen LogP contribution in [0.3, 0.4) is 0 Å². The zero-order chi connectivity index (χ0) is 19.7. The molecule has 2 aromatic rings. The van der Waals surface area contributed by atoms with Crippen LogP contribution in [0.4, 0.5) is 0 Å². The minimum atomic E-state index is -2.98. The molecule has 0 saturated carbocycles. The Kier molecular flexibility index (Phi) is 10.5. The summed E-state index contributed by atoms with van der Waals surface area (Å²) in [5, 5.41) is 7.60.